The zero-order chi connectivity index (χ0) is 14.0. The van der Waals surface area contributed by atoms with Crippen LogP contribution in [0.3, 0.4) is 0 Å². The molecule has 0 aliphatic heterocycles. The van der Waals surface area contributed by atoms with Gasteiger partial charge < -0.3 is 9.52 Å². The molecule has 0 amide bonds. The molecule has 19 heavy (non-hydrogen) atoms. The lowest BCUT2D eigenvalue weighted by Crippen LogP contribution is -2.08. The molecule has 1 atom stereocenters. The molecule has 2 rings (SSSR count). The van der Waals surface area contributed by atoms with Crippen LogP contribution in [0.5, 0.6) is 0 Å². The van der Waals surface area contributed by atoms with Gasteiger partial charge >= 0.3 is 5.97 Å². The summed E-state index contributed by atoms with van der Waals surface area (Å²) in [4.78, 5) is 15.0. The minimum atomic E-state index is -0.999. The largest absolute Gasteiger partial charge is 0.481 e. The van der Waals surface area contributed by atoms with Gasteiger partial charge in [-0.25, -0.2) is 9.37 Å². The smallest absolute Gasteiger partial charge is 0.304 e. The van der Waals surface area contributed by atoms with Crippen molar-refractivity contribution in [1.82, 2.24) is 4.98 Å². The molecule has 1 N–H and O–H groups in total. The van der Waals surface area contributed by atoms with Crippen LogP contribution in [-0.2, 0) is 4.79 Å². The van der Waals surface area contributed by atoms with Crippen molar-refractivity contribution in [2.75, 3.05) is 0 Å². The summed E-state index contributed by atoms with van der Waals surface area (Å²) in [6, 6.07) is 4.26. The Morgan fingerprint density at radius 1 is 1.53 bits per heavy atom. The Hall–Kier alpha value is -1.69. The standard InChI is InChI=1S/C13H11BrFNO3/c1-7-6-16-13(19-7)11(5-12(17)18)8-2-9(14)4-10(15)3-8/h2-4,6,11H,5H2,1H3,(H,17,18). The van der Waals surface area contributed by atoms with Crippen molar-refractivity contribution >= 4 is 21.9 Å². The maximum atomic E-state index is 13.4. The van der Waals surface area contributed by atoms with Crippen LogP contribution >= 0.6 is 15.9 Å². The van der Waals surface area contributed by atoms with Crippen LogP contribution in [-0.4, -0.2) is 16.1 Å². The number of hydrogen-bond acceptors (Lipinski definition) is 3. The molecule has 0 saturated carbocycles. The molecule has 4 nitrogen and oxygen atoms in total. The summed E-state index contributed by atoms with van der Waals surface area (Å²) in [6.45, 7) is 1.72. The summed E-state index contributed by atoms with van der Waals surface area (Å²) in [5, 5.41) is 8.98. The van der Waals surface area contributed by atoms with Crippen molar-refractivity contribution in [1.29, 1.82) is 0 Å². The number of halogens is 2. The predicted octanol–water partition coefficient (Wildman–Crippen LogP) is 3.49. The first kappa shape index (κ1) is 13.7. The molecule has 0 spiro atoms. The lowest BCUT2D eigenvalue weighted by Gasteiger charge is -2.12. The molecule has 1 aromatic heterocycles. The van der Waals surface area contributed by atoms with E-state index in [1.807, 2.05) is 0 Å². The third kappa shape index (κ3) is 3.41. The normalized spacial score (nSPS) is 12.4. The van der Waals surface area contributed by atoms with Crippen LogP contribution < -0.4 is 0 Å². The fourth-order valence-electron chi connectivity index (χ4n) is 1.83. The summed E-state index contributed by atoms with van der Waals surface area (Å²) in [7, 11) is 0. The molecule has 100 valence electrons. The number of hydrogen-bond donors (Lipinski definition) is 1. The lowest BCUT2D eigenvalue weighted by molar-refractivity contribution is -0.137. The molecular formula is C13H11BrFNO3. The Kier molecular flexibility index (Phi) is 3.99. The molecule has 0 bridgehead atoms. The number of aliphatic carboxylic acids is 1. The van der Waals surface area contributed by atoms with Crippen LogP contribution in [0.25, 0.3) is 0 Å². The number of benzene rings is 1. The van der Waals surface area contributed by atoms with E-state index < -0.39 is 17.7 Å². The van der Waals surface area contributed by atoms with E-state index in [9.17, 15) is 9.18 Å². The monoisotopic (exact) mass is 327 g/mol. The van der Waals surface area contributed by atoms with Gasteiger partial charge in [0.15, 0.2) is 0 Å². The molecule has 0 fully saturated rings. The van der Waals surface area contributed by atoms with Gasteiger partial charge in [0.1, 0.15) is 11.6 Å². The predicted molar refractivity (Wildman–Crippen MR) is 69.4 cm³/mol. The van der Waals surface area contributed by atoms with Crippen molar-refractivity contribution < 1.29 is 18.7 Å². The van der Waals surface area contributed by atoms with Crippen molar-refractivity contribution in [3.8, 4) is 0 Å². The van der Waals surface area contributed by atoms with E-state index in [0.717, 1.165) is 0 Å². The third-order valence-electron chi connectivity index (χ3n) is 2.60. The van der Waals surface area contributed by atoms with Crippen molar-refractivity contribution in [2.45, 2.75) is 19.3 Å². The molecule has 0 aliphatic rings. The van der Waals surface area contributed by atoms with Gasteiger partial charge in [0.2, 0.25) is 5.89 Å². The zero-order valence-corrected chi connectivity index (χ0v) is 11.6. The highest BCUT2D eigenvalue weighted by Gasteiger charge is 2.23. The number of oxazole rings is 1. The number of carboxylic acid groups (broad SMARTS) is 1. The number of aromatic nitrogens is 1. The first-order valence-corrected chi connectivity index (χ1v) is 6.35. The van der Waals surface area contributed by atoms with Gasteiger partial charge in [0.05, 0.1) is 18.5 Å². The van der Waals surface area contributed by atoms with Gasteiger partial charge in [0, 0.05) is 4.47 Å². The summed E-state index contributed by atoms with van der Waals surface area (Å²) in [5.74, 6) is -1.19. The van der Waals surface area contributed by atoms with Crippen LogP contribution in [0.1, 0.15) is 29.6 Å². The van der Waals surface area contributed by atoms with Gasteiger partial charge in [-0.15, -0.1) is 0 Å². The Labute approximate surface area is 117 Å². The summed E-state index contributed by atoms with van der Waals surface area (Å²) in [6.07, 6.45) is 1.30. The topological polar surface area (TPSA) is 63.3 Å². The molecule has 0 saturated heterocycles. The number of carbonyl (C=O) groups is 1. The molecular weight excluding hydrogens is 317 g/mol. The summed E-state index contributed by atoms with van der Waals surface area (Å²) in [5.41, 5.74) is 0.510. The number of aryl methyl sites for hydroxylation is 1. The van der Waals surface area contributed by atoms with Crippen LogP contribution in [0, 0.1) is 12.7 Å². The Bertz CT molecular complexity index is 591. The van der Waals surface area contributed by atoms with E-state index in [0.29, 0.717) is 15.8 Å². The highest BCUT2D eigenvalue weighted by atomic mass is 79.9. The van der Waals surface area contributed by atoms with E-state index in [2.05, 4.69) is 20.9 Å². The minimum Gasteiger partial charge on any atom is -0.481 e. The molecule has 1 aromatic carbocycles. The van der Waals surface area contributed by atoms with E-state index in [4.69, 9.17) is 9.52 Å². The van der Waals surface area contributed by atoms with E-state index >= 15 is 0 Å². The van der Waals surface area contributed by atoms with Gasteiger partial charge in [-0.1, -0.05) is 15.9 Å². The molecule has 1 unspecified atom stereocenters. The number of carboxylic acids is 1. The fourth-order valence-corrected chi connectivity index (χ4v) is 2.32. The molecule has 1 heterocycles. The van der Waals surface area contributed by atoms with E-state index in [-0.39, 0.29) is 12.3 Å². The van der Waals surface area contributed by atoms with Crippen LogP contribution in [0.4, 0.5) is 4.39 Å². The molecule has 2 aromatic rings. The first-order valence-electron chi connectivity index (χ1n) is 5.56. The van der Waals surface area contributed by atoms with Crippen LogP contribution in [0.15, 0.2) is 33.3 Å². The van der Waals surface area contributed by atoms with Crippen molar-refractivity contribution in [2.24, 2.45) is 0 Å². The molecule has 6 heteroatoms. The zero-order valence-electron chi connectivity index (χ0n) is 10.1. The maximum absolute atomic E-state index is 13.4. The lowest BCUT2D eigenvalue weighted by atomic mass is 9.95. The summed E-state index contributed by atoms with van der Waals surface area (Å²) < 4.78 is 19.3. The Morgan fingerprint density at radius 3 is 2.79 bits per heavy atom. The number of rotatable bonds is 4. The van der Waals surface area contributed by atoms with Crippen molar-refractivity contribution in [3.05, 3.63) is 51.9 Å². The average Bonchev–Trinajstić information content (AvgIpc) is 2.71. The maximum Gasteiger partial charge on any atom is 0.304 e. The van der Waals surface area contributed by atoms with Crippen LogP contribution in [0.2, 0.25) is 0 Å². The van der Waals surface area contributed by atoms with Gasteiger partial charge in [-0.2, -0.15) is 0 Å². The third-order valence-corrected chi connectivity index (χ3v) is 3.06. The number of nitrogens with zero attached hydrogens (tertiary/aromatic N) is 1. The quantitative estimate of drug-likeness (QED) is 0.933. The Balaban J connectivity index is 2.45. The SMILES string of the molecule is Cc1cnc(C(CC(=O)O)c2cc(F)cc(Br)c2)o1. The highest BCUT2D eigenvalue weighted by Crippen LogP contribution is 2.30. The van der Waals surface area contributed by atoms with E-state index in [1.54, 1.807) is 13.0 Å². The average molecular weight is 328 g/mol. The van der Waals surface area contributed by atoms with Gasteiger partial charge in [0.25, 0.3) is 0 Å². The highest BCUT2D eigenvalue weighted by molar-refractivity contribution is 9.10. The van der Waals surface area contributed by atoms with Gasteiger partial charge in [-0.3, -0.25) is 4.79 Å². The fraction of sp³-hybridized carbons (Fsp3) is 0.231. The first-order chi connectivity index (χ1) is 8.95. The second-order valence-corrected chi connectivity index (χ2v) is 5.08. The Morgan fingerprint density at radius 2 is 2.26 bits per heavy atom. The molecule has 0 radical (unpaired) electrons. The second-order valence-electron chi connectivity index (χ2n) is 4.16. The van der Waals surface area contributed by atoms with Gasteiger partial charge in [-0.05, 0) is 30.7 Å². The summed E-state index contributed by atoms with van der Waals surface area (Å²) >= 11 is 3.19. The molecule has 0 aliphatic carbocycles. The minimum absolute atomic E-state index is 0.212. The van der Waals surface area contributed by atoms with E-state index in [1.165, 1.54) is 18.3 Å². The van der Waals surface area contributed by atoms with Crippen molar-refractivity contribution in [3.63, 3.8) is 0 Å². The second kappa shape index (κ2) is 5.52.